The van der Waals surface area contributed by atoms with Gasteiger partial charge in [0.1, 0.15) is 17.3 Å². The van der Waals surface area contributed by atoms with Gasteiger partial charge < -0.3 is 19.9 Å². The third kappa shape index (κ3) is 4.96. The van der Waals surface area contributed by atoms with Gasteiger partial charge in [0.15, 0.2) is 0 Å². The second kappa shape index (κ2) is 9.64. The molecule has 0 radical (unpaired) electrons. The summed E-state index contributed by atoms with van der Waals surface area (Å²) in [5, 5.41) is 12.6. The van der Waals surface area contributed by atoms with Crippen LogP contribution in [-0.4, -0.2) is 56.6 Å². The number of nitrogens with zero attached hydrogens (tertiary/aromatic N) is 4. The number of imidazole rings is 1. The number of carboxylic acids is 1. The largest absolute Gasteiger partial charge is 0.481 e. The van der Waals surface area contributed by atoms with Crippen LogP contribution >= 0.6 is 0 Å². The van der Waals surface area contributed by atoms with Crippen LogP contribution < -0.4 is 5.32 Å². The predicted octanol–water partition coefficient (Wildman–Crippen LogP) is 3.02. The van der Waals surface area contributed by atoms with E-state index in [1.165, 1.54) is 0 Å². The second-order valence-electron chi connectivity index (χ2n) is 8.09. The molecule has 1 unspecified atom stereocenters. The monoisotopic (exact) mass is 433 g/mol. The number of aromatic nitrogens is 3. The molecule has 8 heteroatoms. The van der Waals surface area contributed by atoms with Crippen molar-refractivity contribution in [1.29, 1.82) is 0 Å². The molecule has 4 rings (SSSR count). The van der Waals surface area contributed by atoms with Crippen molar-refractivity contribution in [3.8, 4) is 0 Å². The third-order valence-electron chi connectivity index (χ3n) is 5.75. The number of fused-ring (bicyclic) bond motifs is 2. The topological polar surface area (TPSA) is 100 Å². The molecule has 2 aromatic heterocycles. The van der Waals surface area contributed by atoms with Crippen LogP contribution in [0.25, 0.3) is 0 Å². The quantitative estimate of drug-likeness (QED) is 0.530. The summed E-state index contributed by atoms with van der Waals surface area (Å²) in [4.78, 5) is 34.9. The number of carbonyl (C=O) groups excluding carboxylic acids is 1. The van der Waals surface area contributed by atoms with Crippen LogP contribution in [-0.2, 0) is 17.8 Å². The van der Waals surface area contributed by atoms with E-state index < -0.39 is 5.97 Å². The zero-order valence-electron chi connectivity index (χ0n) is 18.1. The highest BCUT2D eigenvalue weighted by Gasteiger charge is 2.26. The van der Waals surface area contributed by atoms with Crippen LogP contribution in [0.1, 0.15) is 46.2 Å². The summed E-state index contributed by atoms with van der Waals surface area (Å²) in [6.45, 7) is 1.80. The maximum atomic E-state index is 12.9. The van der Waals surface area contributed by atoms with Crippen molar-refractivity contribution < 1.29 is 14.7 Å². The molecule has 8 nitrogen and oxygen atoms in total. The summed E-state index contributed by atoms with van der Waals surface area (Å²) >= 11 is 0. The minimum Gasteiger partial charge on any atom is -0.481 e. The summed E-state index contributed by atoms with van der Waals surface area (Å²) in [6.07, 6.45) is 4.90. The van der Waals surface area contributed by atoms with Crippen molar-refractivity contribution in [2.75, 3.05) is 25.5 Å². The van der Waals surface area contributed by atoms with Crippen LogP contribution in [0.3, 0.4) is 0 Å². The highest BCUT2D eigenvalue weighted by molar-refractivity contribution is 5.92. The molecule has 0 spiro atoms. The fraction of sp³-hybridized carbons (Fsp3) is 0.333. The maximum Gasteiger partial charge on any atom is 0.304 e. The average molecular weight is 434 g/mol. The molecule has 3 aromatic rings. The minimum atomic E-state index is -0.830. The SMILES string of the molecule is CN(CCCNc1ccccn1)C(=O)c1cn2c(n1)Cc1ccccc1C(CC(=O)O)C2. The highest BCUT2D eigenvalue weighted by Crippen LogP contribution is 2.31. The molecule has 3 heterocycles. The molecule has 32 heavy (non-hydrogen) atoms. The molecular weight excluding hydrogens is 406 g/mol. The Bertz CT molecular complexity index is 1100. The number of amides is 1. The molecule has 0 saturated carbocycles. The van der Waals surface area contributed by atoms with Crippen molar-refractivity contribution in [3.05, 3.63) is 77.5 Å². The van der Waals surface area contributed by atoms with Gasteiger partial charge in [-0.3, -0.25) is 9.59 Å². The lowest BCUT2D eigenvalue weighted by Crippen LogP contribution is -2.29. The van der Waals surface area contributed by atoms with Crippen molar-refractivity contribution in [3.63, 3.8) is 0 Å². The van der Waals surface area contributed by atoms with Gasteiger partial charge >= 0.3 is 5.97 Å². The van der Waals surface area contributed by atoms with E-state index in [9.17, 15) is 14.7 Å². The van der Waals surface area contributed by atoms with Gasteiger partial charge in [-0.15, -0.1) is 0 Å². The maximum absolute atomic E-state index is 12.9. The van der Waals surface area contributed by atoms with Crippen LogP contribution in [0.5, 0.6) is 0 Å². The fourth-order valence-corrected chi connectivity index (χ4v) is 4.14. The van der Waals surface area contributed by atoms with E-state index in [0.717, 1.165) is 29.2 Å². The molecule has 1 aliphatic heterocycles. The van der Waals surface area contributed by atoms with E-state index >= 15 is 0 Å². The Morgan fingerprint density at radius 2 is 2.03 bits per heavy atom. The van der Waals surface area contributed by atoms with Crippen molar-refractivity contribution in [1.82, 2.24) is 19.4 Å². The van der Waals surface area contributed by atoms with Gasteiger partial charge in [0.2, 0.25) is 0 Å². The number of hydrogen-bond acceptors (Lipinski definition) is 5. The summed E-state index contributed by atoms with van der Waals surface area (Å²) in [5.41, 5.74) is 2.51. The minimum absolute atomic E-state index is 0.0427. The molecule has 0 aliphatic carbocycles. The number of rotatable bonds is 8. The first-order valence-electron chi connectivity index (χ1n) is 10.8. The lowest BCUT2D eigenvalue weighted by atomic mass is 9.91. The molecule has 0 bridgehead atoms. The van der Waals surface area contributed by atoms with Crippen LogP contribution in [0, 0.1) is 0 Å². The van der Waals surface area contributed by atoms with Gasteiger partial charge in [0.05, 0.1) is 6.42 Å². The van der Waals surface area contributed by atoms with Crippen LogP contribution in [0.15, 0.2) is 54.9 Å². The molecule has 1 atom stereocenters. The Morgan fingerprint density at radius 3 is 2.81 bits per heavy atom. The van der Waals surface area contributed by atoms with Gasteiger partial charge in [0.25, 0.3) is 5.91 Å². The number of pyridine rings is 1. The normalized spacial score (nSPS) is 14.7. The van der Waals surface area contributed by atoms with Gasteiger partial charge in [-0.25, -0.2) is 9.97 Å². The van der Waals surface area contributed by atoms with Crippen molar-refractivity contribution in [2.24, 2.45) is 0 Å². The van der Waals surface area contributed by atoms with E-state index in [-0.39, 0.29) is 18.2 Å². The van der Waals surface area contributed by atoms with Crippen molar-refractivity contribution >= 4 is 17.7 Å². The van der Waals surface area contributed by atoms with E-state index in [1.807, 2.05) is 47.0 Å². The third-order valence-corrected chi connectivity index (χ3v) is 5.75. The lowest BCUT2D eigenvalue weighted by molar-refractivity contribution is -0.137. The number of aliphatic carboxylic acids is 1. The predicted molar refractivity (Wildman–Crippen MR) is 121 cm³/mol. The molecular formula is C24H27N5O3. The molecule has 166 valence electrons. The first-order valence-corrected chi connectivity index (χ1v) is 10.8. The van der Waals surface area contributed by atoms with Crippen LogP contribution in [0.2, 0.25) is 0 Å². The van der Waals surface area contributed by atoms with Crippen LogP contribution in [0.4, 0.5) is 5.82 Å². The summed E-state index contributed by atoms with van der Waals surface area (Å²) in [6, 6.07) is 13.6. The van der Waals surface area contributed by atoms with Gasteiger partial charge in [-0.2, -0.15) is 0 Å². The summed E-state index contributed by atoms with van der Waals surface area (Å²) in [5.74, 6) is 0.488. The Labute approximate surface area is 186 Å². The molecule has 1 aliphatic rings. The number of carbonyl (C=O) groups is 2. The summed E-state index contributed by atoms with van der Waals surface area (Å²) in [7, 11) is 1.77. The van der Waals surface area contributed by atoms with Gasteiger partial charge in [-0.05, 0) is 29.7 Å². The van der Waals surface area contributed by atoms with E-state index in [2.05, 4.69) is 15.3 Å². The lowest BCUT2D eigenvalue weighted by Gasteiger charge is -2.17. The molecule has 2 N–H and O–H groups in total. The molecule has 0 fully saturated rings. The molecule has 0 saturated heterocycles. The van der Waals surface area contributed by atoms with E-state index in [1.54, 1.807) is 24.3 Å². The zero-order chi connectivity index (χ0) is 22.5. The number of anilines is 1. The molecule has 1 aromatic carbocycles. The summed E-state index contributed by atoms with van der Waals surface area (Å²) < 4.78 is 1.94. The first-order chi connectivity index (χ1) is 15.5. The first kappa shape index (κ1) is 21.5. The number of carboxylic acid groups (broad SMARTS) is 1. The smallest absolute Gasteiger partial charge is 0.304 e. The van der Waals surface area contributed by atoms with E-state index in [0.29, 0.717) is 31.7 Å². The Morgan fingerprint density at radius 1 is 1.22 bits per heavy atom. The second-order valence-corrected chi connectivity index (χ2v) is 8.09. The Kier molecular flexibility index (Phi) is 6.49. The number of benzene rings is 1. The van der Waals surface area contributed by atoms with Gasteiger partial charge in [-0.1, -0.05) is 30.3 Å². The highest BCUT2D eigenvalue weighted by atomic mass is 16.4. The van der Waals surface area contributed by atoms with Gasteiger partial charge in [0, 0.05) is 51.4 Å². The van der Waals surface area contributed by atoms with Crippen molar-refractivity contribution in [2.45, 2.75) is 31.7 Å². The number of nitrogens with one attached hydrogen (secondary N) is 1. The Hall–Kier alpha value is -3.68. The number of hydrogen-bond donors (Lipinski definition) is 2. The average Bonchev–Trinajstić information content (AvgIpc) is 3.12. The Balaban J connectivity index is 1.42. The zero-order valence-corrected chi connectivity index (χ0v) is 18.1. The molecule has 1 amide bonds. The standard InChI is InChI=1S/C24H27N5O3/c1-28(12-6-11-26-21-9-4-5-10-25-21)24(32)20-16-29-15-18(14-23(30)31)19-8-3-2-7-17(19)13-22(29)27-20/h2-5,7-10,16,18H,6,11-15H2,1H3,(H,25,26)(H,30,31). The fourth-order valence-electron chi connectivity index (χ4n) is 4.14. The van der Waals surface area contributed by atoms with E-state index in [4.69, 9.17) is 0 Å².